The monoisotopic (exact) mass is 414 g/mol. The van der Waals surface area contributed by atoms with Crippen LogP contribution in [-0.2, 0) is 0 Å². The highest BCUT2D eigenvalue weighted by Crippen LogP contribution is 2.23. The Morgan fingerprint density at radius 3 is 2.07 bits per heavy atom. The molecule has 0 heterocycles. The lowest BCUT2D eigenvalue weighted by molar-refractivity contribution is 0.101. The molecule has 0 atom stereocenters. The maximum atomic E-state index is 12.3. The van der Waals surface area contributed by atoms with Gasteiger partial charge in [-0.25, -0.2) is 0 Å². The molecule has 3 aromatic carbocycles. The number of hydrogen-bond donors (Lipinski definition) is 2. The van der Waals surface area contributed by atoms with Gasteiger partial charge in [0.1, 0.15) is 5.75 Å². The van der Waals surface area contributed by atoms with Crippen LogP contribution >= 0.6 is 23.2 Å². The van der Waals surface area contributed by atoms with Crippen molar-refractivity contribution in [2.75, 3.05) is 17.7 Å². The number of anilines is 2. The van der Waals surface area contributed by atoms with Crippen LogP contribution in [0, 0.1) is 0 Å². The molecule has 0 spiro atoms. The van der Waals surface area contributed by atoms with Gasteiger partial charge < -0.3 is 15.4 Å². The minimum absolute atomic E-state index is 0.261. The fourth-order valence-corrected chi connectivity index (χ4v) is 2.97. The molecule has 0 radical (unpaired) electrons. The largest absolute Gasteiger partial charge is 0.497 e. The Bertz CT molecular complexity index is 1020. The molecule has 2 N–H and O–H groups in total. The van der Waals surface area contributed by atoms with Gasteiger partial charge >= 0.3 is 0 Å². The number of rotatable bonds is 5. The lowest BCUT2D eigenvalue weighted by Gasteiger charge is -2.09. The van der Waals surface area contributed by atoms with Gasteiger partial charge in [0.2, 0.25) is 0 Å². The molecule has 7 heteroatoms. The van der Waals surface area contributed by atoms with Crippen LogP contribution in [0.15, 0.2) is 66.7 Å². The lowest BCUT2D eigenvalue weighted by atomic mass is 10.2. The summed E-state index contributed by atoms with van der Waals surface area (Å²) in [6.45, 7) is 0. The van der Waals surface area contributed by atoms with Crippen molar-refractivity contribution in [1.82, 2.24) is 0 Å². The lowest BCUT2D eigenvalue weighted by Crippen LogP contribution is -2.13. The zero-order valence-electron chi connectivity index (χ0n) is 14.8. The van der Waals surface area contributed by atoms with E-state index in [1.165, 1.54) is 6.07 Å². The summed E-state index contributed by atoms with van der Waals surface area (Å²) in [4.78, 5) is 24.7. The van der Waals surface area contributed by atoms with Crippen molar-refractivity contribution < 1.29 is 14.3 Å². The molecule has 0 aromatic heterocycles. The summed E-state index contributed by atoms with van der Waals surface area (Å²) in [7, 11) is 1.54. The van der Waals surface area contributed by atoms with E-state index in [0.29, 0.717) is 33.3 Å². The first-order chi connectivity index (χ1) is 13.5. The number of amides is 2. The SMILES string of the molecule is COc1cccc(C(=O)Nc2ccc(NC(=O)c3ccc(Cl)cc3Cl)cc2)c1. The Balaban J connectivity index is 1.66. The van der Waals surface area contributed by atoms with E-state index < -0.39 is 0 Å². The molecular formula is C21H16Cl2N2O3. The molecule has 0 saturated heterocycles. The summed E-state index contributed by atoms with van der Waals surface area (Å²) in [5, 5.41) is 6.27. The first-order valence-corrected chi connectivity index (χ1v) is 9.04. The number of nitrogens with one attached hydrogen (secondary N) is 2. The average Bonchev–Trinajstić information content (AvgIpc) is 2.69. The molecule has 28 heavy (non-hydrogen) atoms. The Hall–Kier alpha value is -3.02. The summed E-state index contributed by atoms with van der Waals surface area (Å²) in [5.41, 5.74) is 1.96. The number of hydrogen-bond acceptors (Lipinski definition) is 3. The fraction of sp³-hybridized carbons (Fsp3) is 0.0476. The second kappa shape index (κ2) is 8.78. The average molecular weight is 415 g/mol. The van der Waals surface area contributed by atoms with E-state index in [-0.39, 0.29) is 16.8 Å². The molecule has 0 aliphatic heterocycles. The van der Waals surface area contributed by atoms with Crippen molar-refractivity contribution in [2.45, 2.75) is 0 Å². The Morgan fingerprint density at radius 1 is 0.821 bits per heavy atom. The third kappa shape index (κ3) is 4.82. The second-order valence-corrected chi connectivity index (χ2v) is 6.69. The van der Waals surface area contributed by atoms with Crippen LogP contribution in [0.1, 0.15) is 20.7 Å². The second-order valence-electron chi connectivity index (χ2n) is 5.84. The minimum Gasteiger partial charge on any atom is -0.497 e. The molecule has 0 bridgehead atoms. The van der Waals surface area contributed by atoms with E-state index in [4.69, 9.17) is 27.9 Å². The molecule has 0 saturated carbocycles. The molecular weight excluding hydrogens is 399 g/mol. The summed E-state index contributed by atoms with van der Waals surface area (Å²) in [6.07, 6.45) is 0. The molecule has 5 nitrogen and oxygen atoms in total. The predicted octanol–water partition coefficient (Wildman–Crippen LogP) is 5.51. The van der Waals surface area contributed by atoms with E-state index in [9.17, 15) is 9.59 Å². The van der Waals surface area contributed by atoms with Crippen LogP contribution in [0.25, 0.3) is 0 Å². The van der Waals surface area contributed by atoms with Gasteiger partial charge in [-0.3, -0.25) is 9.59 Å². The minimum atomic E-state index is -0.352. The van der Waals surface area contributed by atoms with Crippen LogP contribution in [0.5, 0.6) is 5.75 Å². The van der Waals surface area contributed by atoms with Crippen LogP contribution in [-0.4, -0.2) is 18.9 Å². The first-order valence-electron chi connectivity index (χ1n) is 8.28. The van der Waals surface area contributed by atoms with Crippen molar-refractivity contribution in [2.24, 2.45) is 0 Å². The van der Waals surface area contributed by atoms with Crippen LogP contribution in [0.3, 0.4) is 0 Å². The third-order valence-corrected chi connectivity index (χ3v) is 4.46. The maximum Gasteiger partial charge on any atom is 0.257 e. The summed E-state index contributed by atoms with van der Waals surface area (Å²) >= 11 is 11.9. The zero-order chi connectivity index (χ0) is 20.1. The number of carbonyl (C=O) groups is 2. The molecule has 3 aromatic rings. The van der Waals surface area contributed by atoms with Crippen LogP contribution in [0.4, 0.5) is 11.4 Å². The number of benzene rings is 3. The highest BCUT2D eigenvalue weighted by molar-refractivity contribution is 6.37. The molecule has 2 amide bonds. The van der Waals surface area contributed by atoms with Crippen molar-refractivity contribution in [3.8, 4) is 5.75 Å². The standard InChI is InChI=1S/C21H16Cl2N2O3/c1-28-17-4-2-3-13(11-17)20(26)24-15-6-8-16(9-7-15)25-21(27)18-10-5-14(22)12-19(18)23/h2-12H,1H3,(H,24,26)(H,25,27). The number of methoxy groups -OCH3 is 1. The zero-order valence-corrected chi connectivity index (χ0v) is 16.3. The third-order valence-electron chi connectivity index (χ3n) is 3.91. The van der Waals surface area contributed by atoms with Crippen molar-refractivity contribution >= 4 is 46.4 Å². The Labute approximate surface area is 172 Å². The molecule has 142 valence electrons. The molecule has 0 unspecified atom stereocenters. The quantitative estimate of drug-likeness (QED) is 0.578. The molecule has 0 fully saturated rings. The van der Waals surface area contributed by atoms with Gasteiger partial charge in [0.15, 0.2) is 0 Å². The Kier molecular flexibility index (Phi) is 6.19. The number of halogens is 2. The smallest absolute Gasteiger partial charge is 0.257 e. The number of ether oxygens (including phenoxy) is 1. The van der Waals surface area contributed by atoms with Crippen LogP contribution in [0.2, 0.25) is 10.0 Å². The predicted molar refractivity (Wildman–Crippen MR) is 112 cm³/mol. The number of carbonyl (C=O) groups excluding carboxylic acids is 2. The van der Waals surface area contributed by atoms with Crippen molar-refractivity contribution in [1.29, 1.82) is 0 Å². The highest BCUT2D eigenvalue weighted by atomic mass is 35.5. The first kappa shape index (κ1) is 19.7. The topological polar surface area (TPSA) is 67.4 Å². The highest BCUT2D eigenvalue weighted by Gasteiger charge is 2.11. The summed E-state index contributed by atoms with van der Waals surface area (Å²) in [6, 6.07) is 18.3. The van der Waals surface area contributed by atoms with Crippen molar-refractivity contribution in [3.05, 3.63) is 87.9 Å². The van der Waals surface area contributed by atoms with E-state index in [0.717, 1.165) is 0 Å². The van der Waals surface area contributed by atoms with E-state index in [1.54, 1.807) is 67.8 Å². The van der Waals surface area contributed by atoms with Gasteiger partial charge in [-0.1, -0.05) is 29.3 Å². The normalized spacial score (nSPS) is 10.2. The van der Waals surface area contributed by atoms with Crippen LogP contribution < -0.4 is 15.4 Å². The summed E-state index contributed by atoms with van der Waals surface area (Å²) < 4.78 is 5.12. The van der Waals surface area contributed by atoms with Gasteiger partial charge in [-0.2, -0.15) is 0 Å². The van der Waals surface area contributed by atoms with E-state index in [1.807, 2.05) is 0 Å². The van der Waals surface area contributed by atoms with Gasteiger partial charge in [0.25, 0.3) is 11.8 Å². The Morgan fingerprint density at radius 2 is 1.46 bits per heavy atom. The fourth-order valence-electron chi connectivity index (χ4n) is 2.48. The van der Waals surface area contributed by atoms with Gasteiger partial charge in [0, 0.05) is 22.0 Å². The maximum absolute atomic E-state index is 12.3. The van der Waals surface area contributed by atoms with Gasteiger partial charge in [0.05, 0.1) is 17.7 Å². The molecule has 0 aliphatic carbocycles. The van der Waals surface area contributed by atoms with E-state index >= 15 is 0 Å². The summed E-state index contributed by atoms with van der Waals surface area (Å²) in [5.74, 6) is -0.00923. The molecule has 3 rings (SSSR count). The molecule has 0 aliphatic rings. The van der Waals surface area contributed by atoms with E-state index in [2.05, 4.69) is 10.6 Å². The van der Waals surface area contributed by atoms with Crippen molar-refractivity contribution in [3.63, 3.8) is 0 Å². The van der Waals surface area contributed by atoms with Gasteiger partial charge in [-0.05, 0) is 60.7 Å². The van der Waals surface area contributed by atoms with Gasteiger partial charge in [-0.15, -0.1) is 0 Å².